The van der Waals surface area contributed by atoms with Crippen molar-refractivity contribution in [3.8, 4) is 0 Å². The minimum Gasteiger partial charge on any atom is -0.465 e. The van der Waals surface area contributed by atoms with Gasteiger partial charge in [-0.3, -0.25) is 14.4 Å². The van der Waals surface area contributed by atoms with Gasteiger partial charge in [0.05, 0.1) is 33.9 Å². The molecule has 0 aromatic heterocycles. The minimum absolute atomic E-state index is 0.0863. The van der Waals surface area contributed by atoms with Gasteiger partial charge in [0.1, 0.15) is 6.04 Å². The Balaban J connectivity index is 1.59. The standard InChI is InChI=1S/C28H33ClN2O5S/c1-18-10-8-11-19(29)23(18)30-15-9-13-28-22(21-20(37-28)12-4-2-7-17-36-27(21)35)25(33)31(24(28)26(30)34)14-5-3-6-16-32/h4,8-13,20-22,24,32H,2-3,5-7,14-17H2,1H3/b12-4-/t20-,21+,22-,24?,28-/m0/s1. The van der Waals surface area contributed by atoms with Gasteiger partial charge in [0.2, 0.25) is 5.91 Å². The van der Waals surface area contributed by atoms with Gasteiger partial charge in [0, 0.05) is 24.9 Å². The first-order chi connectivity index (χ1) is 17.9. The van der Waals surface area contributed by atoms with Crippen LogP contribution < -0.4 is 4.90 Å². The van der Waals surface area contributed by atoms with Gasteiger partial charge < -0.3 is 19.6 Å². The number of aliphatic hydroxyl groups excluding tert-OH is 1. The van der Waals surface area contributed by atoms with Gasteiger partial charge in [-0.25, -0.2) is 0 Å². The summed E-state index contributed by atoms with van der Waals surface area (Å²) in [6, 6.07) is 4.78. The molecule has 37 heavy (non-hydrogen) atoms. The van der Waals surface area contributed by atoms with Crippen LogP contribution in [0.1, 0.15) is 37.7 Å². The number of esters is 1. The molecule has 5 atom stereocenters. The third-order valence-electron chi connectivity index (χ3n) is 7.87. The monoisotopic (exact) mass is 544 g/mol. The van der Waals surface area contributed by atoms with Crippen LogP contribution >= 0.6 is 23.4 Å². The smallest absolute Gasteiger partial charge is 0.311 e. The van der Waals surface area contributed by atoms with Crippen LogP contribution in [-0.4, -0.2) is 70.1 Å². The van der Waals surface area contributed by atoms with Crippen molar-refractivity contribution >= 4 is 46.8 Å². The van der Waals surface area contributed by atoms with Crippen molar-refractivity contribution in [2.45, 2.75) is 55.1 Å². The zero-order valence-corrected chi connectivity index (χ0v) is 22.5. The molecule has 4 heterocycles. The molecule has 7 nitrogen and oxygen atoms in total. The lowest BCUT2D eigenvalue weighted by molar-refractivity contribution is -0.153. The largest absolute Gasteiger partial charge is 0.465 e. The number of unbranched alkanes of at least 4 members (excludes halogenated alkanes) is 2. The van der Waals surface area contributed by atoms with Gasteiger partial charge in [-0.2, -0.15) is 0 Å². The minimum atomic E-state index is -0.882. The van der Waals surface area contributed by atoms with Crippen molar-refractivity contribution in [2.24, 2.45) is 11.8 Å². The molecule has 5 rings (SSSR count). The number of aryl methyl sites for hydroxylation is 1. The molecule has 1 aromatic carbocycles. The summed E-state index contributed by atoms with van der Waals surface area (Å²) < 4.78 is 4.73. The molecule has 1 N–H and O–H groups in total. The van der Waals surface area contributed by atoms with E-state index in [9.17, 15) is 19.5 Å². The quantitative estimate of drug-likeness (QED) is 0.332. The van der Waals surface area contributed by atoms with Crippen LogP contribution in [0.5, 0.6) is 0 Å². The molecule has 4 aliphatic rings. The number of hydrogen-bond acceptors (Lipinski definition) is 6. The van der Waals surface area contributed by atoms with Crippen LogP contribution in [0.2, 0.25) is 5.02 Å². The molecule has 2 saturated heterocycles. The number of carbonyl (C=O) groups is 3. The number of thioether (sulfide) groups is 1. The summed E-state index contributed by atoms with van der Waals surface area (Å²) >= 11 is 8.14. The fraction of sp³-hybridized carbons (Fsp3) is 0.536. The summed E-state index contributed by atoms with van der Waals surface area (Å²) in [5.74, 6) is -2.05. The first-order valence-electron chi connectivity index (χ1n) is 13.1. The number of cyclic esters (lactones) is 1. The number of allylic oxidation sites excluding steroid dienone is 1. The summed E-state index contributed by atoms with van der Waals surface area (Å²) in [6.07, 6.45) is 11.6. The first-order valence-corrected chi connectivity index (χ1v) is 14.3. The predicted molar refractivity (Wildman–Crippen MR) is 145 cm³/mol. The molecule has 0 saturated carbocycles. The van der Waals surface area contributed by atoms with Crippen LogP contribution in [0.15, 0.2) is 42.5 Å². The number of likely N-dealkylation sites (tertiary alicyclic amines) is 1. The summed E-state index contributed by atoms with van der Waals surface area (Å²) in [7, 11) is 0. The maximum absolute atomic E-state index is 14.4. The van der Waals surface area contributed by atoms with Crippen molar-refractivity contribution in [2.75, 3.05) is 31.2 Å². The number of carbonyl (C=O) groups excluding carboxylic acids is 3. The molecule has 198 valence electrons. The average molecular weight is 545 g/mol. The molecule has 2 amide bonds. The third-order valence-corrected chi connectivity index (χ3v) is 9.92. The number of ether oxygens (including phenoxy) is 1. The van der Waals surface area contributed by atoms with Gasteiger partial charge in [-0.05, 0) is 50.7 Å². The predicted octanol–water partition coefficient (Wildman–Crippen LogP) is 3.90. The fourth-order valence-corrected chi connectivity index (χ4v) is 8.56. The van der Waals surface area contributed by atoms with Crippen molar-refractivity contribution < 1.29 is 24.2 Å². The summed E-state index contributed by atoms with van der Waals surface area (Å²) in [5.41, 5.74) is 1.53. The molecule has 4 aliphatic heterocycles. The van der Waals surface area contributed by atoms with Crippen LogP contribution in [-0.2, 0) is 19.1 Å². The van der Waals surface area contributed by atoms with E-state index in [1.165, 1.54) is 0 Å². The number of nitrogens with zero attached hydrogens (tertiary/aromatic N) is 2. The topological polar surface area (TPSA) is 87.2 Å². The maximum Gasteiger partial charge on any atom is 0.311 e. The number of aliphatic hydroxyl groups is 1. The molecule has 1 unspecified atom stereocenters. The van der Waals surface area contributed by atoms with Crippen LogP contribution in [0, 0.1) is 18.8 Å². The number of benzene rings is 1. The Bertz CT molecular complexity index is 1120. The maximum atomic E-state index is 14.4. The van der Waals surface area contributed by atoms with Gasteiger partial charge in [-0.15, -0.1) is 11.8 Å². The molecule has 0 bridgehead atoms. The third kappa shape index (κ3) is 4.51. The Morgan fingerprint density at radius 2 is 2.00 bits per heavy atom. The summed E-state index contributed by atoms with van der Waals surface area (Å²) in [6.45, 7) is 3.05. The highest BCUT2D eigenvalue weighted by Crippen LogP contribution is 2.61. The highest BCUT2D eigenvalue weighted by molar-refractivity contribution is 8.02. The number of para-hydroxylation sites is 1. The van der Waals surface area contributed by atoms with Crippen molar-refractivity contribution in [1.29, 1.82) is 0 Å². The fourth-order valence-electron chi connectivity index (χ4n) is 6.23. The molecule has 0 radical (unpaired) electrons. The zero-order valence-electron chi connectivity index (χ0n) is 21.0. The Hall–Kier alpha value is -2.29. The van der Waals surface area contributed by atoms with Gasteiger partial charge in [0.25, 0.3) is 5.91 Å². The van der Waals surface area contributed by atoms with Crippen molar-refractivity contribution in [3.05, 3.63) is 53.1 Å². The van der Waals surface area contributed by atoms with Crippen LogP contribution in [0.3, 0.4) is 0 Å². The Morgan fingerprint density at radius 1 is 1.16 bits per heavy atom. The Labute approximate surface area is 226 Å². The van der Waals surface area contributed by atoms with Gasteiger partial charge in [0.15, 0.2) is 0 Å². The SMILES string of the molecule is Cc1cccc(Cl)c1N1CC=C[C@]23S[C@H]4/C=C\CCCOC(=O)[C@H]4[C@H]2C(=O)N(CCCCCO)C3C1=O. The van der Waals surface area contributed by atoms with E-state index in [1.54, 1.807) is 27.6 Å². The van der Waals surface area contributed by atoms with E-state index in [0.717, 1.165) is 24.8 Å². The van der Waals surface area contributed by atoms with E-state index in [4.69, 9.17) is 16.3 Å². The van der Waals surface area contributed by atoms with Crippen LogP contribution in [0.25, 0.3) is 0 Å². The van der Waals surface area contributed by atoms with Gasteiger partial charge in [-0.1, -0.05) is 48.0 Å². The molecular weight excluding hydrogens is 512 g/mol. The second kappa shape index (κ2) is 10.8. The summed E-state index contributed by atoms with van der Waals surface area (Å²) in [4.78, 5) is 45.2. The highest BCUT2D eigenvalue weighted by Gasteiger charge is 2.71. The van der Waals surface area contributed by atoms with E-state index in [2.05, 4.69) is 6.08 Å². The lowest BCUT2D eigenvalue weighted by Crippen LogP contribution is -2.53. The molecule has 1 aromatic rings. The number of anilines is 1. The lowest BCUT2D eigenvalue weighted by atomic mass is 9.78. The lowest BCUT2D eigenvalue weighted by Gasteiger charge is -2.35. The second-order valence-corrected chi connectivity index (χ2v) is 12.0. The number of hydrogen-bond donors (Lipinski definition) is 1. The van der Waals surface area contributed by atoms with E-state index < -0.39 is 22.6 Å². The highest BCUT2D eigenvalue weighted by atomic mass is 35.5. The molecule has 2 fully saturated rings. The number of halogens is 1. The number of rotatable bonds is 6. The molecule has 9 heteroatoms. The normalized spacial score (nSPS) is 32.1. The Morgan fingerprint density at radius 3 is 2.78 bits per heavy atom. The zero-order chi connectivity index (χ0) is 26.2. The number of amides is 2. The van der Waals surface area contributed by atoms with E-state index in [0.29, 0.717) is 43.2 Å². The average Bonchev–Trinajstić information content (AvgIpc) is 3.28. The van der Waals surface area contributed by atoms with E-state index >= 15 is 0 Å². The van der Waals surface area contributed by atoms with E-state index in [1.807, 2.05) is 37.3 Å². The molecule has 1 spiro atoms. The Kier molecular flexibility index (Phi) is 7.70. The van der Waals surface area contributed by atoms with E-state index in [-0.39, 0.29) is 29.6 Å². The molecule has 0 aliphatic carbocycles. The van der Waals surface area contributed by atoms with Crippen molar-refractivity contribution in [3.63, 3.8) is 0 Å². The number of fused-ring (bicyclic) bond motifs is 2. The summed E-state index contributed by atoms with van der Waals surface area (Å²) in [5, 5.41) is 9.46. The van der Waals surface area contributed by atoms with Crippen molar-refractivity contribution in [1.82, 2.24) is 4.90 Å². The second-order valence-electron chi connectivity index (χ2n) is 10.2. The first kappa shape index (κ1) is 26.3. The van der Waals surface area contributed by atoms with Gasteiger partial charge >= 0.3 is 5.97 Å². The molecular formula is C28H33ClN2O5S. The van der Waals surface area contributed by atoms with Crippen LogP contribution in [0.4, 0.5) is 5.69 Å².